The SMILES string of the molecule is CCCCCCCCCCCCCC(N)C(C)(c1ccccc1)c1ccccc1.Cl. The highest BCUT2D eigenvalue weighted by Crippen LogP contribution is 2.36. The van der Waals surface area contributed by atoms with Crippen molar-refractivity contribution in [3.05, 3.63) is 71.8 Å². The van der Waals surface area contributed by atoms with Gasteiger partial charge in [-0.05, 0) is 24.5 Å². The van der Waals surface area contributed by atoms with Gasteiger partial charge in [-0.2, -0.15) is 0 Å². The van der Waals surface area contributed by atoms with Gasteiger partial charge in [0.2, 0.25) is 0 Å². The second-order valence-corrected chi connectivity index (χ2v) is 8.87. The molecule has 2 rings (SSSR count). The van der Waals surface area contributed by atoms with Crippen molar-refractivity contribution in [2.24, 2.45) is 5.73 Å². The lowest BCUT2D eigenvalue weighted by Gasteiger charge is -2.37. The molecule has 0 fully saturated rings. The smallest absolute Gasteiger partial charge is 0.0325 e. The van der Waals surface area contributed by atoms with Gasteiger partial charge in [0.05, 0.1) is 0 Å². The van der Waals surface area contributed by atoms with E-state index in [1.54, 1.807) is 0 Å². The van der Waals surface area contributed by atoms with Crippen LogP contribution in [0.25, 0.3) is 0 Å². The van der Waals surface area contributed by atoms with Gasteiger partial charge in [0, 0.05) is 11.5 Å². The van der Waals surface area contributed by atoms with Gasteiger partial charge in [-0.25, -0.2) is 0 Å². The predicted octanol–water partition coefficient (Wildman–Crippen LogP) is 8.44. The largest absolute Gasteiger partial charge is 0.327 e. The Bertz CT molecular complexity index is 601. The Kier molecular flexibility index (Phi) is 13.8. The third-order valence-electron chi connectivity index (χ3n) is 6.61. The van der Waals surface area contributed by atoms with Crippen LogP contribution in [-0.4, -0.2) is 6.04 Å². The highest BCUT2D eigenvalue weighted by Gasteiger charge is 2.34. The molecule has 0 heterocycles. The van der Waals surface area contributed by atoms with E-state index in [9.17, 15) is 0 Å². The summed E-state index contributed by atoms with van der Waals surface area (Å²) in [5.74, 6) is 0. The topological polar surface area (TPSA) is 26.0 Å². The van der Waals surface area contributed by atoms with Crippen LogP contribution in [0.3, 0.4) is 0 Å². The van der Waals surface area contributed by atoms with Crippen molar-refractivity contribution >= 4 is 12.4 Å². The van der Waals surface area contributed by atoms with Crippen LogP contribution in [0.1, 0.15) is 102 Å². The number of hydrogen-bond acceptors (Lipinski definition) is 1. The summed E-state index contributed by atoms with van der Waals surface area (Å²) in [6.07, 6.45) is 16.2. The minimum atomic E-state index is -0.138. The molecule has 0 aliphatic heterocycles. The Morgan fingerprint density at radius 2 is 1.00 bits per heavy atom. The third-order valence-corrected chi connectivity index (χ3v) is 6.61. The summed E-state index contributed by atoms with van der Waals surface area (Å²) < 4.78 is 0. The first kappa shape index (κ1) is 26.7. The molecule has 2 heteroatoms. The van der Waals surface area contributed by atoms with Crippen LogP contribution in [0.2, 0.25) is 0 Å². The maximum absolute atomic E-state index is 6.84. The number of unbranched alkanes of at least 4 members (excludes halogenated alkanes) is 10. The second kappa shape index (κ2) is 15.5. The fourth-order valence-electron chi connectivity index (χ4n) is 4.48. The highest BCUT2D eigenvalue weighted by atomic mass is 35.5. The minimum Gasteiger partial charge on any atom is -0.327 e. The lowest BCUT2D eigenvalue weighted by Crippen LogP contribution is -2.44. The zero-order valence-corrected chi connectivity index (χ0v) is 20.1. The molecule has 30 heavy (non-hydrogen) atoms. The molecular formula is C28H44ClN. The van der Waals surface area contributed by atoms with E-state index in [4.69, 9.17) is 5.73 Å². The molecule has 0 spiro atoms. The molecule has 0 saturated carbocycles. The molecule has 2 aromatic carbocycles. The Hall–Kier alpha value is -1.31. The first-order valence-corrected chi connectivity index (χ1v) is 12.1. The summed E-state index contributed by atoms with van der Waals surface area (Å²) in [7, 11) is 0. The molecule has 0 radical (unpaired) electrons. The van der Waals surface area contributed by atoms with Gasteiger partial charge in [-0.15, -0.1) is 12.4 Å². The van der Waals surface area contributed by atoms with E-state index < -0.39 is 0 Å². The zero-order chi connectivity index (χ0) is 20.8. The normalized spacial score (nSPS) is 12.4. The summed E-state index contributed by atoms with van der Waals surface area (Å²) in [6, 6.07) is 21.7. The molecule has 0 bridgehead atoms. The van der Waals surface area contributed by atoms with Crippen LogP contribution < -0.4 is 5.73 Å². The average molecular weight is 430 g/mol. The van der Waals surface area contributed by atoms with E-state index in [0.717, 1.165) is 6.42 Å². The second-order valence-electron chi connectivity index (χ2n) is 8.87. The van der Waals surface area contributed by atoms with Crippen LogP contribution in [-0.2, 0) is 5.41 Å². The van der Waals surface area contributed by atoms with Crippen molar-refractivity contribution in [2.45, 2.75) is 102 Å². The Morgan fingerprint density at radius 3 is 1.40 bits per heavy atom. The summed E-state index contributed by atoms with van der Waals surface area (Å²) in [6.45, 7) is 4.61. The molecule has 0 aliphatic carbocycles. The van der Waals surface area contributed by atoms with E-state index in [1.165, 1.54) is 81.8 Å². The summed E-state index contributed by atoms with van der Waals surface area (Å²) in [5, 5.41) is 0. The number of nitrogens with two attached hydrogens (primary N) is 1. The van der Waals surface area contributed by atoms with Crippen LogP contribution in [0.4, 0.5) is 0 Å². The number of rotatable bonds is 15. The molecule has 1 unspecified atom stereocenters. The van der Waals surface area contributed by atoms with Gasteiger partial charge in [-0.3, -0.25) is 0 Å². The van der Waals surface area contributed by atoms with Gasteiger partial charge in [0.25, 0.3) is 0 Å². The van der Waals surface area contributed by atoms with Gasteiger partial charge in [0.1, 0.15) is 0 Å². The Labute approximate surface area is 192 Å². The van der Waals surface area contributed by atoms with E-state index in [-0.39, 0.29) is 23.9 Å². The summed E-state index contributed by atoms with van der Waals surface area (Å²) >= 11 is 0. The van der Waals surface area contributed by atoms with Gasteiger partial charge >= 0.3 is 0 Å². The molecule has 168 valence electrons. The fourth-order valence-corrected chi connectivity index (χ4v) is 4.48. The summed E-state index contributed by atoms with van der Waals surface area (Å²) in [4.78, 5) is 0. The molecule has 0 saturated heterocycles. The van der Waals surface area contributed by atoms with Crippen LogP contribution in [0, 0.1) is 0 Å². The first-order valence-electron chi connectivity index (χ1n) is 12.1. The van der Waals surface area contributed by atoms with E-state index >= 15 is 0 Å². The Balaban J connectivity index is 0.00000450. The number of halogens is 1. The summed E-state index contributed by atoms with van der Waals surface area (Å²) in [5.41, 5.74) is 9.34. The predicted molar refractivity (Wildman–Crippen MR) is 136 cm³/mol. The molecule has 1 atom stereocenters. The molecule has 1 nitrogen and oxygen atoms in total. The van der Waals surface area contributed by atoms with Crippen molar-refractivity contribution < 1.29 is 0 Å². The van der Waals surface area contributed by atoms with Gasteiger partial charge < -0.3 is 5.73 Å². The Morgan fingerprint density at radius 1 is 0.633 bits per heavy atom. The van der Waals surface area contributed by atoms with Gasteiger partial charge in [0.15, 0.2) is 0 Å². The molecular weight excluding hydrogens is 386 g/mol. The monoisotopic (exact) mass is 429 g/mol. The molecule has 0 amide bonds. The van der Waals surface area contributed by atoms with E-state index in [2.05, 4.69) is 74.5 Å². The molecule has 2 N–H and O–H groups in total. The van der Waals surface area contributed by atoms with Crippen molar-refractivity contribution in [2.75, 3.05) is 0 Å². The minimum absolute atomic E-state index is 0. The maximum Gasteiger partial charge on any atom is 0.0325 e. The van der Waals surface area contributed by atoms with Crippen molar-refractivity contribution in [3.8, 4) is 0 Å². The standard InChI is InChI=1S/C28H43N.ClH/c1-3-4-5-6-7-8-9-10-11-12-19-24-27(29)28(2,25-20-15-13-16-21-25)26-22-17-14-18-23-26;/h13-18,20-23,27H,3-12,19,24,29H2,1-2H3;1H. The molecule has 0 aliphatic rings. The van der Waals surface area contributed by atoms with Crippen LogP contribution >= 0.6 is 12.4 Å². The lowest BCUT2D eigenvalue weighted by atomic mass is 9.69. The zero-order valence-electron chi connectivity index (χ0n) is 19.3. The third kappa shape index (κ3) is 8.44. The van der Waals surface area contributed by atoms with Crippen molar-refractivity contribution in [1.29, 1.82) is 0 Å². The lowest BCUT2D eigenvalue weighted by molar-refractivity contribution is 0.401. The first-order chi connectivity index (χ1) is 14.2. The van der Waals surface area contributed by atoms with Gasteiger partial charge in [-0.1, -0.05) is 138 Å². The van der Waals surface area contributed by atoms with Crippen molar-refractivity contribution in [1.82, 2.24) is 0 Å². The van der Waals surface area contributed by atoms with Crippen LogP contribution in [0.5, 0.6) is 0 Å². The number of benzene rings is 2. The highest BCUT2D eigenvalue weighted by molar-refractivity contribution is 5.85. The quantitative estimate of drug-likeness (QED) is 0.282. The van der Waals surface area contributed by atoms with Crippen LogP contribution in [0.15, 0.2) is 60.7 Å². The fraction of sp³-hybridized carbons (Fsp3) is 0.571. The van der Waals surface area contributed by atoms with E-state index in [0.29, 0.717) is 0 Å². The molecule has 2 aromatic rings. The maximum atomic E-state index is 6.84. The number of hydrogen-bond donors (Lipinski definition) is 1. The van der Waals surface area contributed by atoms with E-state index in [1.807, 2.05) is 0 Å². The molecule has 0 aromatic heterocycles. The van der Waals surface area contributed by atoms with Crippen molar-refractivity contribution in [3.63, 3.8) is 0 Å². The average Bonchev–Trinajstić information content (AvgIpc) is 2.78.